The molecule has 41 heavy (non-hydrogen) atoms. The van der Waals surface area contributed by atoms with Gasteiger partial charge in [-0.05, 0) is 85.5 Å². The number of carbonyl (C=O) groups excluding carboxylic acids is 2. The van der Waals surface area contributed by atoms with Crippen LogP contribution in [0.3, 0.4) is 0 Å². The van der Waals surface area contributed by atoms with Gasteiger partial charge in [-0.15, -0.1) is 11.3 Å². The Morgan fingerprint density at radius 1 is 1.00 bits per heavy atom. The van der Waals surface area contributed by atoms with Crippen LogP contribution in [0.25, 0.3) is 0 Å². The summed E-state index contributed by atoms with van der Waals surface area (Å²) < 4.78 is 0. The second kappa shape index (κ2) is 14.3. The maximum atomic E-state index is 13.7. The predicted octanol–water partition coefficient (Wildman–Crippen LogP) is 5.27. The molecule has 0 radical (unpaired) electrons. The highest BCUT2D eigenvalue weighted by atomic mass is 32.1. The molecule has 7 heteroatoms. The Balaban J connectivity index is 1.34. The Kier molecular flexibility index (Phi) is 10.3. The van der Waals surface area contributed by atoms with Crippen LogP contribution in [0.1, 0.15) is 58.5 Å². The first kappa shape index (κ1) is 29.5. The van der Waals surface area contributed by atoms with Gasteiger partial charge in [0.15, 0.2) is 0 Å². The van der Waals surface area contributed by atoms with E-state index in [4.69, 9.17) is 5.73 Å². The second-order valence-electron chi connectivity index (χ2n) is 11.9. The van der Waals surface area contributed by atoms with Crippen molar-refractivity contribution in [1.82, 2.24) is 15.1 Å². The van der Waals surface area contributed by atoms with Gasteiger partial charge in [0.1, 0.15) is 6.04 Å². The largest absolute Gasteiger partial charge is 0.354 e. The zero-order valence-corrected chi connectivity index (χ0v) is 25.0. The Labute approximate surface area is 248 Å². The van der Waals surface area contributed by atoms with Gasteiger partial charge < -0.3 is 16.0 Å². The SMILES string of the molecule is Cc1ccccc1CN(CCc1ccccc1)C1CC(C(=O)NCC2CCCC(CN)C2)N(C(=O)c2cccs2)C1. The topological polar surface area (TPSA) is 78.7 Å². The lowest BCUT2D eigenvalue weighted by Gasteiger charge is -2.29. The van der Waals surface area contributed by atoms with Gasteiger partial charge in [-0.1, -0.05) is 67.1 Å². The van der Waals surface area contributed by atoms with Crippen LogP contribution >= 0.6 is 11.3 Å². The third-order valence-electron chi connectivity index (χ3n) is 9.05. The highest BCUT2D eigenvalue weighted by molar-refractivity contribution is 7.12. The van der Waals surface area contributed by atoms with Crippen molar-refractivity contribution < 1.29 is 9.59 Å². The first-order valence-electron chi connectivity index (χ1n) is 15.2. The molecule has 1 aromatic heterocycles. The number of nitrogens with two attached hydrogens (primary N) is 1. The van der Waals surface area contributed by atoms with E-state index in [-0.39, 0.29) is 17.9 Å². The molecule has 2 fully saturated rings. The monoisotopic (exact) mass is 572 g/mol. The third kappa shape index (κ3) is 7.64. The van der Waals surface area contributed by atoms with Crippen LogP contribution in [0.5, 0.6) is 0 Å². The summed E-state index contributed by atoms with van der Waals surface area (Å²) in [4.78, 5) is 32.5. The summed E-state index contributed by atoms with van der Waals surface area (Å²) in [5.74, 6) is 0.954. The van der Waals surface area contributed by atoms with Crippen molar-refractivity contribution in [2.75, 3.05) is 26.2 Å². The van der Waals surface area contributed by atoms with E-state index >= 15 is 0 Å². The number of amides is 2. The van der Waals surface area contributed by atoms with Crippen LogP contribution in [0.2, 0.25) is 0 Å². The van der Waals surface area contributed by atoms with Gasteiger partial charge in [0.25, 0.3) is 5.91 Å². The molecule has 0 spiro atoms. The van der Waals surface area contributed by atoms with Gasteiger partial charge in [0.2, 0.25) is 5.91 Å². The summed E-state index contributed by atoms with van der Waals surface area (Å²) in [6.45, 7) is 5.75. The van der Waals surface area contributed by atoms with E-state index < -0.39 is 6.04 Å². The van der Waals surface area contributed by atoms with E-state index in [1.807, 2.05) is 28.5 Å². The number of carbonyl (C=O) groups is 2. The zero-order valence-electron chi connectivity index (χ0n) is 24.2. The van der Waals surface area contributed by atoms with Crippen LogP contribution < -0.4 is 11.1 Å². The second-order valence-corrected chi connectivity index (χ2v) is 12.8. The fourth-order valence-electron chi connectivity index (χ4n) is 6.57. The summed E-state index contributed by atoms with van der Waals surface area (Å²) in [7, 11) is 0. The smallest absolute Gasteiger partial charge is 0.264 e. The average Bonchev–Trinajstić information content (AvgIpc) is 3.71. The quantitative estimate of drug-likeness (QED) is 0.328. The Morgan fingerprint density at radius 3 is 2.54 bits per heavy atom. The van der Waals surface area contributed by atoms with Crippen LogP contribution in [-0.2, 0) is 17.8 Å². The molecule has 3 N–H and O–H groups in total. The van der Waals surface area contributed by atoms with Crippen LogP contribution in [0.4, 0.5) is 0 Å². The number of likely N-dealkylation sites (tertiary alicyclic amines) is 1. The molecule has 1 aliphatic heterocycles. The molecule has 2 aromatic carbocycles. The number of benzene rings is 2. The maximum Gasteiger partial charge on any atom is 0.264 e. The molecular formula is C34H44N4O2S. The molecule has 4 atom stereocenters. The number of hydrogen-bond acceptors (Lipinski definition) is 5. The molecule has 1 saturated carbocycles. The summed E-state index contributed by atoms with van der Waals surface area (Å²) in [5, 5.41) is 5.18. The number of aryl methyl sites for hydroxylation is 1. The standard InChI is InChI=1S/C34H44N4O2S/c1-25-9-5-6-14-29(25)23-37(17-16-26-10-3-2-4-11-26)30-20-31(38(24-30)34(40)32-15-8-18-41-32)33(39)36-22-28-13-7-12-27(19-28)21-35/h2-6,8-11,14-15,18,27-28,30-31H,7,12-13,16-17,19-24,35H2,1H3,(H,36,39). The Hall–Kier alpha value is -3.00. The molecule has 218 valence electrons. The lowest BCUT2D eigenvalue weighted by atomic mass is 9.81. The Morgan fingerprint density at radius 2 is 1.78 bits per heavy atom. The minimum absolute atomic E-state index is 0.0221. The summed E-state index contributed by atoms with van der Waals surface area (Å²) in [6, 6.07) is 22.5. The van der Waals surface area contributed by atoms with Gasteiger partial charge in [-0.3, -0.25) is 14.5 Å². The maximum absolute atomic E-state index is 13.7. The third-order valence-corrected chi connectivity index (χ3v) is 9.90. The van der Waals surface area contributed by atoms with Crippen LogP contribution in [0, 0.1) is 18.8 Å². The molecule has 0 bridgehead atoms. The zero-order chi connectivity index (χ0) is 28.6. The first-order chi connectivity index (χ1) is 20.0. The fraction of sp³-hybridized carbons (Fsp3) is 0.471. The molecule has 5 rings (SSSR count). The summed E-state index contributed by atoms with van der Waals surface area (Å²) in [5.41, 5.74) is 9.80. The molecule has 2 heterocycles. The number of rotatable bonds is 11. The number of thiophene rings is 1. The van der Waals surface area contributed by atoms with E-state index in [0.29, 0.717) is 36.2 Å². The summed E-state index contributed by atoms with van der Waals surface area (Å²) >= 11 is 1.44. The minimum atomic E-state index is -0.473. The van der Waals surface area contributed by atoms with E-state index in [2.05, 4.69) is 65.7 Å². The van der Waals surface area contributed by atoms with E-state index in [1.165, 1.54) is 40.9 Å². The van der Waals surface area contributed by atoms with E-state index in [9.17, 15) is 9.59 Å². The number of nitrogens with zero attached hydrogens (tertiary/aromatic N) is 2. The molecule has 4 unspecified atom stereocenters. The molecule has 3 aromatic rings. The Bertz CT molecular complexity index is 1260. The van der Waals surface area contributed by atoms with Crippen molar-refractivity contribution in [3.8, 4) is 0 Å². The average molecular weight is 573 g/mol. The molecule has 6 nitrogen and oxygen atoms in total. The highest BCUT2D eigenvalue weighted by Crippen LogP contribution is 2.30. The molecule has 2 aliphatic rings. The molecular weight excluding hydrogens is 528 g/mol. The number of hydrogen-bond donors (Lipinski definition) is 2. The minimum Gasteiger partial charge on any atom is -0.354 e. The lowest BCUT2D eigenvalue weighted by molar-refractivity contribution is -0.125. The summed E-state index contributed by atoms with van der Waals surface area (Å²) in [6.07, 6.45) is 6.13. The van der Waals surface area contributed by atoms with Crippen LogP contribution in [-0.4, -0.2) is 59.9 Å². The van der Waals surface area contributed by atoms with Crippen molar-refractivity contribution in [3.63, 3.8) is 0 Å². The fourth-order valence-corrected chi connectivity index (χ4v) is 7.25. The van der Waals surface area contributed by atoms with Gasteiger partial charge >= 0.3 is 0 Å². The van der Waals surface area contributed by atoms with Gasteiger partial charge in [0.05, 0.1) is 4.88 Å². The molecule has 1 saturated heterocycles. The van der Waals surface area contributed by atoms with Crippen molar-refractivity contribution in [2.24, 2.45) is 17.6 Å². The lowest BCUT2D eigenvalue weighted by Crippen LogP contribution is -2.47. The normalized spacial score (nSPS) is 22.7. The van der Waals surface area contributed by atoms with Crippen molar-refractivity contribution in [2.45, 2.75) is 64.1 Å². The van der Waals surface area contributed by atoms with Crippen molar-refractivity contribution in [3.05, 3.63) is 93.7 Å². The molecule has 2 amide bonds. The van der Waals surface area contributed by atoms with E-state index in [0.717, 1.165) is 38.9 Å². The van der Waals surface area contributed by atoms with Gasteiger partial charge in [0, 0.05) is 32.2 Å². The first-order valence-corrected chi connectivity index (χ1v) is 16.0. The predicted molar refractivity (Wildman–Crippen MR) is 167 cm³/mol. The van der Waals surface area contributed by atoms with Gasteiger partial charge in [-0.2, -0.15) is 0 Å². The van der Waals surface area contributed by atoms with Crippen molar-refractivity contribution in [1.29, 1.82) is 0 Å². The van der Waals surface area contributed by atoms with E-state index in [1.54, 1.807) is 0 Å². The molecule has 1 aliphatic carbocycles. The van der Waals surface area contributed by atoms with Crippen molar-refractivity contribution >= 4 is 23.2 Å². The van der Waals surface area contributed by atoms with Gasteiger partial charge in [-0.25, -0.2) is 0 Å². The highest BCUT2D eigenvalue weighted by Gasteiger charge is 2.42. The number of nitrogens with one attached hydrogen (secondary N) is 1. The van der Waals surface area contributed by atoms with Crippen LogP contribution in [0.15, 0.2) is 72.1 Å².